The van der Waals surface area contributed by atoms with Crippen molar-refractivity contribution in [2.75, 3.05) is 17.4 Å². The molecule has 43 heavy (non-hydrogen) atoms. The molecule has 0 aliphatic heterocycles. The molecular weight excluding hydrogens is 650 g/mol. The van der Waals surface area contributed by atoms with E-state index in [1.165, 1.54) is 29.2 Å². The lowest BCUT2D eigenvalue weighted by molar-refractivity contribution is -0.140. The normalized spacial score (nSPS) is 11.9. The van der Waals surface area contributed by atoms with Crippen LogP contribution in [0.2, 0.25) is 5.02 Å². The Hall–Kier alpha value is -3.66. The maximum Gasteiger partial charge on any atom is 0.264 e. The van der Waals surface area contributed by atoms with Gasteiger partial charge in [0.25, 0.3) is 10.0 Å². The van der Waals surface area contributed by atoms with Gasteiger partial charge in [0.15, 0.2) is 0 Å². The number of halogens is 2. The van der Waals surface area contributed by atoms with E-state index in [1.807, 2.05) is 61.5 Å². The number of rotatable bonds is 12. The van der Waals surface area contributed by atoms with Gasteiger partial charge in [0.2, 0.25) is 11.8 Å². The van der Waals surface area contributed by atoms with E-state index < -0.39 is 28.5 Å². The number of anilines is 1. The van der Waals surface area contributed by atoms with Crippen LogP contribution in [-0.2, 0) is 32.6 Å². The Morgan fingerprint density at radius 1 is 0.884 bits per heavy atom. The maximum absolute atomic E-state index is 14.4. The number of carbonyl (C=O) groups is 2. The summed E-state index contributed by atoms with van der Waals surface area (Å²) in [5, 5.41) is 3.26. The summed E-state index contributed by atoms with van der Waals surface area (Å²) >= 11 is 9.53. The molecule has 10 heteroatoms. The monoisotopic (exact) mass is 681 g/mol. The average Bonchev–Trinajstić information content (AvgIpc) is 2.99. The fraction of sp³-hybridized carbons (Fsp3) is 0.212. The van der Waals surface area contributed by atoms with Crippen LogP contribution in [0.1, 0.15) is 23.6 Å². The third kappa shape index (κ3) is 8.25. The number of nitrogens with one attached hydrogen (secondary N) is 1. The Balaban J connectivity index is 1.80. The Bertz CT molecular complexity index is 1670. The predicted molar refractivity (Wildman–Crippen MR) is 174 cm³/mol. The number of sulfonamides is 1. The first-order valence-electron chi connectivity index (χ1n) is 13.8. The number of likely N-dealkylation sites (N-methyl/N-ethyl adjacent to an activating group) is 1. The molecule has 0 unspecified atom stereocenters. The Morgan fingerprint density at radius 3 is 2.19 bits per heavy atom. The standard InChI is InChI=1S/C33H33BrClN3O4S/c1-3-36-33(40)31(21-25-11-5-4-6-12-25)37(22-26-13-9-14-27(34)20-26)32(39)23-38(30-15-8-7-10-24(30)2)43(41,42)29-18-16-28(35)17-19-29/h4-20,31H,3,21-23H2,1-2H3,(H,36,40)/t31-/m0/s1. The van der Waals surface area contributed by atoms with Gasteiger partial charge in [-0.15, -0.1) is 0 Å². The first kappa shape index (κ1) is 32.3. The van der Waals surface area contributed by atoms with E-state index in [9.17, 15) is 18.0 Å². The van der Waals surface area contributed by atoms with Gasteiger partial charge < -0.3 is 10.2 Å². The minimum absolute atomic E-state index is 0.00365. The average molecular weight is 683 g/mol. The topological polar surface area (TPSA) is 86.8 Å². The molecule has 0 aliphatic rings. The van der Waals surface area contributed by atoms with Crippen molar-refractivity contribution in [2.45, 2.75) is 37.8 Å². The summed E-state index contributed by atoms with van der Waals surface area (Å²) in [6.45, 7) is 3.56. The van der Waals surface area contributed by atoms with Crippen molar-refractivity contribution in [1.82, 2.24) is 10.2 Å². The molecule has 4 aromatic carbocycles. The van der Waals surface area contributed by atoms with Crippen molar-refractivity contribution in [3.63, 3.8) is 0 Å². The molecule has 0 bridgehead atoms. The van der Waals surface area contributed by atoms with E-state index in [0.29, 0.717) is 22.8 Å². The molecule has 0 spiro atoms. The van der Waals surface area contributed by atoms with E-state index in [4.69, 9.17) is 11.6 Å². The summed E-state index contributed by atoms with van der Waals surface area (Å²) in [6.07, 6.45) is 0.251. The van der Waals surface area contributed by atoms with Gasteiger partial charge in [0.05, 0.1) is 10.6 Å². The predicted octanol–water partition coefficient (Wildman–Crippen LogP) is 6.38. The summed E-state index contributed by atoms with van der Waals surface area (Å²) < 4.78 is 30.1. The molecule has 2 amide bonds. The van der Waals surface area contributed by atoms with Crippen molar-refractivity contribution in [3.8, 4) is 0 Å². The second-order valence-corrected chi connectivity index (χ2v) is 13.2. The number of amides is 2. The van der Waals surface area contributed by atoms with Crippen molar-refractivity contribution in [3.05, 3.63) is 129 Å². The minimum Gasteiger partial charge on any atom is -0.355 e. The second kappa shape index (κ2) is 14.7. The number of para-hydroxylation sites is 1. The summed E-state index contributed by atoms with van der Waals surface area (Å²) in [5.74, 6) is -0.842. The van der Waals surface area contributed by atoms with Gasteiger partial charge in [-0.2, -0.15) is 0 Å². The van der Waals surface area contributed by atoms with Gasteiger partial charge in [-0.3, -0.25) is 13.9 Å². The Morgan fingerprint density at radius 2 is 1.53 bits per heavy atom. The molecule has 0 fully saturated rings. The fourth-order valence-corrected chi connectivity index (χ4v) is 6.82. The molecule has 0 radical (unpaired) electrons. The van der Waals surface area contributed by atoms with Crippen molar-refractivity contribution >= 4 is 55.1 Å². The molecule has 4 rings (SSSR count). The zero-order valence-electron chi connectivity index (χ0n) is 23.9. The van der Waals surface area contributed by atoms with E-state index in [2.05, 4.69) is 21.2 Å². The zero-order chi connectivity index (χ0) is 31.0. The van der Waals surface area contributed by atoms with Gasteiger partial charge in [0, 0.05) is 29.0 Å². The highest BCUT2D eigenvalue weighted by molar-refractivity contribution is 9.10. The highest BCUT2D eigenvalue weighted by Crippen LogP contribution is 2.28. The largest absolute Gasteiger partial charge is 0.355 e. The molecular formula is C33H33BrClN3O4S. The summed E-state index contributed by atoms with van der Waals surface area (Å²) in [5.41, 5.74) is 2.70. The van der Waals surface area contributed by atoms with Crippen LogP contribution in [0.3, 0.4) is 0 Å². The third-order valence-electron chi connectivity index (χ3n) is 6.93. The molecule has 7 nitrogen and oxygen atoms in total. The van der Waals surface area contributed by atoms with Crippen LogP contribution in [0, 0.1) is 6.92 Å². The number of hydrogen-bond acceptors (Lipinski definition) is 4. The molecule has 0 aliphatic carbocycles. The lowest BCUT2D eigenvalue weighted by atomic mass is 10.0. The number of aryl methyl sites for hydroxylation is 1. The van der Waals surface area contributed by atoms with Crippen molar-refractivity contribution in [2.24, 2.45) is 0 Å². The quantitative estimate of drug-likeness (QED) is 0.188. The molecule has 0 saturated carbocycles. The highest BCUT2D eigenvalue weighted by Gasteiger charge is 2.35. The summed E-state index contributed by atoms with van der Waals surface area (Å²) in [7, 11) is -4.20. The highest BCUT2D eigenvalue weighted by atomic mass is 79.9. The molecule has 0 aromatic heterocycles. The van der Waals surface area contributed by atoms with Crippen molar-refractivity contribution in [1.29, 1.82) is 0 Å². The van der Waals surface area contributed by atoms with E-state index >= 15 is 0 Å². The van der Waals surface area contributed by atoms with Crippen LogP contribution >= 0.6 is 27.5 Å². The Kier molecular flexibility index (Phi) is 11.0. The second-order valence-electron chi connectivity index (χ2n) is 10.0. The maximum atomic E-state index is 14.4. The van der Waals surface area contributed by atoms with Crippen molar-refractivity contribution < 1.29 is 18.0 Å². The van der Waals surface area contributed by atoms with Crippen LogP contribution < -0.4 is 9.62 Å². The lowest BCUT2D eigenvalue weighted by Crippen LogP contribution is -2.53. The molecule has 0 saturated heterocycles. The van der Waals surface area contributed by atoms with Crippen LogP contribution in [0.5, 0.6) is 0 Å². The molecule has 0 heterocycles. The fourth-order valence-electron chi connectivity index (χ4n) is 4.77. The van der Waals surface area contributed by atoms with Crippen LogP contribution in [-0.4, -0.2) is 44.3 Å². The van der Waals surface area contributed by atoms with Gasteiger partial charge in [-0.1, -0.05) is 88.2 Å². The van der Waals surface area contributed by atoms with Gasteiger partial charge in [0.1, 0.15) is 12.6 Å². The van der Waals surface area contributed by atoms with E-state index in [1.54, 1.807) is 31.2 Å². The number of nitrogens with zero attached hydrogens (tertiary/aromatic N) is 2. The number of benzene rings is 4. The first-order valence-corrected chi connectivity index (χ1v) is 16.4. The smallest absolute Gasteiger partial charge is 0.264 e. The molecule has 224 valence electrons. The first-order chi connectivity index (χ1) is 20.6. The van der Waals surface area contributed by atoms with Crippen LogP contribution in [0.4, 0.5) is 5.69 Å². The zero-order valence-corrected chi connectivity index (χ0v) is 27.1. The molecule has 1 N–H and O–H groups in total. The Labute approximate surface area is 266 Å². The van der Waals surface area contributed by atoms with Crippen LogP contribution in [0.25, 0.3) is 0 Å². The van der Waals surface area contributed by atoms with Crippen LogP contribution in [0.15, 0.2) is 112 Å². The van der Waals surface area contributed by atoms with Gasteiger partial charge in [-0.25, -0.2) is 8.42 Å². The summed E-state index contributed by atoms with van der Waals surface area (Å²) in [6, 6.07) is 28.8. The minimum atomic E-state index is -4.20. The van der Waals surface area contributed by atoms with Gasteiger partial charge in [-0.05, 0) is 73.0 Å². The van der Waals surface area contributed by atoms with E-state index in [-0.39, 0.29) is 23.8 Å². The molecule has 1 atom stereocenters. The number of hydrogen-bond donors (Lipinski definition) is 1. The molecule has 4 aromatic rings. The number of carbonyl (C=O) groups excluding carboxylic acids is 2. The summed E-state index contributed by atoms with van der Waals surface area (Å²) in [4.78, 5) is 29.4. The lowest BCUT2D eigenvalue weighted by Gasteiger charge is -2.34. The van der Waals surface area contributed by atoms with E-state index in [0.717, 1.165) is 19.9 Å². The van der Waals surface area contributed by atoms with Gasteiger partial charge >= 0.3 is 0 Å². The third-order valence-corrected chi connectivity index (χ3v) is 9.45. The SMILES string of the molecule is CCNC(=O)[C@H](Cc1ccccc1)N(Cc1cccc(Br)c1)C(=O)CN(c1ccccc1C)S(=O)(=O)c1ccc(Cl)cc1.